The van der Waals surface area contributed by atoms with Crippen LogP contribution in [-0.2, 0) is 4.18 Å². The predicted octanol–water partition coefficient (Wildman–Crippen LogP) is 5.08. The molecule has 3 saturated carbocycles. The molecule has 2 bridgehead atoms. The van der Waals surface area contributed by atoms with Crippen molar-refractivity contribution in [1.82, 2.24) is 0 Å². The van der Waals surface area contributed by atoms with Crippen molar-refractivity contribution in [2.45, 2.75) is 77.7 Å². The Morgan fingerprint density at radius 2 is 1.90 bits per heavy atom. The Labute approximate surface area is 134 Å². The van der Waals surface area contributed by atoms with E-state index in [0.717, 1.165) is 19.3 Å². The van der Waals surface area contributed by atoms with E-state index in [9.17, 15) is 5.11 Å². The number of hydrogen-bond donors (Lipinski definition) is 1. The highest BCUT2D eigenvalue weighted by Gasteiger charge is 2.58. The lowest BCUT2D eigenvalue weighted by Crippen LogP contribution is -2.60. The number of fused-ring (bicyclic) bond motifs is 2. The summed E-state index contributed by atoms with van der Waals surface area (Å²) in [4.78, 5) is 0. The molecule has 0 aromatic heterocycles. The Morgan fingerprint density at radius 3 is 2.35 bits per heavy atom. The first kappa shape index (κ1) is 18.6. The molecule has 3 rings (SSSR count). The normalized spacial score (nSPS) is 35.9. The molecular weight excluding hydrogens is 292 g/mol. The highest BCUT2D eigenvalue weighted by molar-refractivity contribution is 7.96. The van der Waals surface area contributed by atoms with E-state index in [0.29, 0.717) is 23.2 Å². The summed E-state index contributed by atoms with van der Waals surface area (Å²) in [5.41, 5.74) is 0.294. The van der Waals surface area contributed by atoms with Crippen LogP contribution >= 0.6 is 23.6 Å². The van der Waals surface area contributed by atoms with Crippen molar-refractivity contribution >= 4 is 23.6 Å². The summed E-state index contributed by atoms with van der Waals surface area (Å²) in [6.07, 6.45) is 2.73. The molecule has 5 unspecified atom stereocenters. The number of alkyl halides is 1. The van der Waals surface area contributed by atoms with Crippen LogP contribution in [0.5, 0.6) is 0 Å². The van der Waals surface area contributed by atoms with Crippen molar-refractivity contribution in [2.75, 3.05) is 0 Å². The molecule has 4 heteroatoms. The van der Waals surface area contributed by atoms with Gasteiger partial charge in [0.15, 0.2) is 0 Å². The Balaban J connectivity index is 0.000000956. The lowest BCUT2D eigenvalue weighted by atomic mass is 9.47. The predicted molar refractivity (Wildman–Crippen MR) is 88.9 cm³/mol. The molecule has 3 aliphatic rings. The van der Waals surface area contributed by atoms with E-state index in [1.807, 2.05) is 13.8 Å². The first-order chi connectivity index (χ1) is 9.32. The molecule has 5 atom stereocenters. The van der Waals surface area contributed by atoms with Gasteiger partial charge in [-0.2, -0.15) is 0 Å². The molecule has 0 aromatic carbocycles. The maximum Gasteiger partial charge on any atom is 0.105 e. The van der Waals surface area contributed by atoms with E-state index in [1.54, 1.807) is 0 Å². The Bertz CT molecular complexity index is 296. The number of aliphatic hydroxyl groups is 1. The first-order valence-electron chi connectivity index (χ1n) is 7.96. The van der Waals surface area contributed by atoms with Gasteiger partial charge in [0.05, 0.1) is 12.2 Å². The quantitative estimate of drug-likeness (QED) is 0.565. The van der Waals surface area contributed by atoms with Crippen LogP contribution in [0.3, 0.4) is 0 Å². The van der Waals surface area contributed by atoms with Crippen molar-refractivity contribution in [1.29, 1.82) is 0 Å². The van der Waals surface area contributed by atoms with Crippen molar-refractivity contribution < 1.29 is 9.29 Å². The summed E-state index contributed by atoms with van der Waals surface area (Å²) in [6.45, 7) is 12.8. The molecule has 3 aliphatic carbocycles. The summed E-state index contributed by atoms with van der Waals surface area (Å²) in [6, 6.07) is 0. The van der Waals surface area contributed by atoms with E-state index < -0.39 is 0 Å². The average Bonchev–Trinajstić information content (AvgIpc) is 2.38. The highest BCUT2D eigenvalue weighted by atomic mass is 35.5. The van der Waals surface area contributed by atoms with Gasteiger partial charge in [-0.1, -0.05) is 41.5 Å². The minimum atomic E-state index is -0.319. The monoisotopic (exact) mass is 322 g/mol. The molecule has 3 fully saturated rings. The van der Waals surface area contributed by atoms with Gasteiger partial charge in [0.2, 0.25) is 0 Å². The molecule has 0 saturated heterocycles. The minimum absolute atomic E-state index is 0.0107. The molecule has 120 valence electrons. The van der Waals surface area contributed by atoms with Crippen LogP contribution in [0.2, 0.25) is 0 Å². The van der Waals surface area contributed by atoms with Gasteiger partial charge in [-0.3, -0.25) is 0 Å². The molecule has 0 spiro atoms. The van der Waals surface area contributed by atoms with E-state index in [2.05, 4.69) is 27.7 Å². The zero-order valence-electron chi connectivity index (χ0n) is 13.7. The lowest BCUT2D eigenvalue weighted by Gasteiger charge is -2.60. The number of halogens is 1. The maximum atomic E-state index is 10.3. The van der Waals surface area contributed by atoms with Crippen molar-refractivity contribution in [3.8, 4) is 0 Å². The van der Waals surface area contributed by atoms with Gasteiger partial charge < -0.3 is 9.29 Å². The fraction of sp³-hybridized carbons (Fsp3) is 1.00. The van der Waals surface area contributed by atoms with Crippen molar-refractivity contribution in [3.05, 3.63) is 0 Å². The summed E-state index contributed by atoms with van der Waals surface area (Å²) in [5, 5.41) is 10.3. The SMILES string of the molecule is CC.CC(C)CC(Cl)SOC1CC2CC(C1O)C2(C)C. The third kappa shape index (κ3) is 4.06. The van der Waals surface area contributed by atoms with Crippen LogP contribution in [-0.4, -0.2) is 22.0 Å². The molecule has 0 radical (unpaired) electrons. The molecule has 2 nitrogen and oxygen atoms in total. The topological polar surface area (TPSA) is 29.5 Å². The number of hydrogen-bond acceptors (Lipinski definition) is 3. The Hall–Kier alpha value is 0.560. The Kier molecular flexibility index (Phi) is 7.17. The van der Waals surface area contributed by atoms with Gasteiger partial charge in [0, 0.05) is 12.0 Å². The first-order valence-corrected chi connectivity index (χ1v) is 9.20. The summed E-state index contributed by atoms with van der Waals surface area (Å²) < 4.78 is 5.78. The Morgan fingerprint density at radius 1 is 1.30 bits per heavy atom. The van der Waals surface area contributed by atoms with Crippen molar-refractivity contribution in [2.24, 2.45) is 23.2 Å². The smallest absolute Gasteiger partial charge is 0.105 e. The molecule has 20 heavy (non-hydrogen) atoms. The standard InChI is InChI=1S/C14H25ClO2S.C2H6/c1-8(2)5-12(15)18-17-11-7-9-6-10(13(11)16)14(9,3)4;1-2/h8-13,16H,5-7H2,1-4H3;1-2H3. The molecule has 0 aromatic rings. The molecule has 0 heterocycles. The van der Waals surface area contributed by atoms with Crippen LogP contribution in [0.1, 0.15) is 60.8 Å². The number of aliphatic hydroxyl groups excluding tert-OH is 1. The summed E-state index contributed by atoms with van der Waals surface area (Å²) in [7, 11) is 0. The molecular formula is C16H31ClO2S. The van der Waals surface area contributed by atoms with Crippen LogP contribution in [0.25, 0.3) is 0 Å². The fourth-order valence-corrected chi connectivity index (χ4v) is 4.75. The van der Waals surface area contributed by atoms with Gasteiger partial charge >= 0.3 is 0 Å². The van der Waals surface area contributed by atoms with Gasteiger partial charge in [-0.25, -0.2) is 0 Å². The second-order valence-electron chi connectivity index (χ2n) is 6.86. The lowest BCUT2D eigenvalue weighted by molar-refractivity contribution is -0.182. The summed E-state index contributed by atoms with van der Waals surface area (Å²) in [5.74, 6) is 1.68. The second kappa shape index (κ2) is 7.71. The van der Waals surface area contributed by atoms with Crippen LogP contribution in [0.4, 0.5) is 0 Å². The van der Waals surface area contributed by atoms with Gasteiger partial charge in [-0.15, -0.1) is 11.6 Å². The van der Waals surface area contributed by atoms with E-state index >= 15 is 0 Å². The van der Waals surface area contributed by atoms with E-state index in [-0.39, 0.29) is 16.9 Å². The van der Waals surface area contributed by atoms with Crippen molar-refractivity contribution in [3.63, 3.8) is 0 Å². The fourth-order valence-electron chi connectivity index (χ4n) is 3.35. The zero-order chi connectivity index (χ0) is 15.5. The van der Waals surface area contributed by atoms with Crippen LogP contribution in [0, 0.1) is 23.2 Å². The third-order valence-corrected chi connectivity index (χ3v) is 5.95. The van der Waals surface area contributed by atoms with Crippen LogP contribution in [0.15, 0.2) is 0 Å². The molecule has 0 amide bonds. The highest BCUT2D eigenvalue weighted by Crippen LogP contribution is 2.60. The molecule has 1 N–H and O–H groups in total. The largest absolute Gasteiger partial charge is 0.390 e. The maximum absolute atomic E-state index is 10.3. The van der Waals surface area contributed by atoms with Gasteiger partial charge in [0.1, 0.15) is 4.71 Å². The van der Waals surface area contributed by atoms with E-state index in [1.165, 1.54) is 12.0 Å². The van der Waals surface area contributed by atoms with Gasteiger partial charge in [0.25, 0.3) is 0 Å². The third-order valence-electron chi connectivity index (χ3n) is 4.80. The van der Waals surface area contributed by atoms with Gasteiger partial charge in [-0.05, 0) is 42.4 Å². The molecule has 0 aliphatic heterocycles. The summed E-state index contributed by atoms with van der Waals surface area (Å²) >= 11 is 7.55. The zero-order valence-corrected chi connectivity index (χ0v) is 15.3. The minimum Gasteiger partial charge on any atom is -0.390 e. The average molecular weight is 323 g/mol. The number of rotatable bonds is 5. The van der Waals surface area contributed by atoms with Crippen LogP contribution < -0.4 is 0 Å². The second-order valence-corrected chi connectivity index (χ2v) is 8.60. The van der Waals surface area contributed by atoms with E-state index in [4.69, 9.17) is 15.8 Å².